The average molecular weight is 347 g/mol. The second-order valence-corrected chi connectivity index (χ2v) is 4.98. The summed E-state index contributed by atoms with van der Waals surface area (Å²) in [5, 5.41) is 4.72. The van der Waals surface area contributed by atoms with Gasteiger partial charge < -0.3 is 0 Å². The quantitative estimate of drug-likeness (QED) is 0.783. The van der Waals surface area contributed by atoms with Gasteiger partial charge in [-0.15, -0.1) is 0 Å². The molecule has 0 atom stereocenters. The molecule has 1 heterocycles. The Morgan fingerprint density at radius 2 is 2.19 bits per heavy atom. The van der Waals surface area contributed by atoms with Gasteiger partial charge in [-0.3, -0.25) is 4.79 Å². The first-order valence-corrected chi connectivity index (χ1v) is 6.08. The number of hydrogen-bond donors (Lipinski definition) is 0. The Hall–Kier alpha value is -0.880. The molecule has 0 bridgehead atoms. The highest BCUT2D eigenvalue weighted by molar-refractivity contribution is 14.1. The molecular weight excluding hydrogens is 338 g/mol. The molecule has 0 saturated heterocycles. The number of benzene rings is 1. The summed E-state index contributed by atoms with van der Waals surface area (Å²) >= 11 is 7.93. The van der Waals surface area contributed by atoms with Crippen molar-refractivity contribution < 1.29 is 0 Å². The van der Waals surface area contributed by atoms with E-state index in [1.807, 2.05) is 18.2 Å². The predicted octanol–water partition coefficient (Wildman–Crippen LogP) is 2.55. The summed E-state index contributed by atoms with van der Waals surface area (Å²) in [7, 11) is 0. The minimum absolute atomic E-state index is 0.105. The van der Waals surface area contributed by atoms with E-state index < -0.39 is 0 Å². The third-order valence-corrected chi connectivity index (χ3v) is 2.88. The van der Waals surface area contributed by atoms with Crippen LogP contribution in [0.4, 0.5) is 0 Å². The van der Waals surface area contributed by atoms with Crippen LogP contribution in [0.2, 0.25) is 5.02 Å². The predicted molar refractivity (Wildman–Crippen MR) is 71.8 cm³/mol. The molecule has 0 unspecified atom stereocenters. The standard InChI is InChI=1S/C11H8ClIN2O/c12-9-3-1-2-8(4-9)7-15-11(16)5-10(13)6-14-15/h1-6H,7H2. The number of nitrogens with zero attached hydrogens (tertiary/aromatic N) is 2. The van der Waals surface area contributed by atoms with Gasteiger partial charge in [0.25, 0.3) is 5.56 Å². The second-order valence-electron chi connectivity index (χ2n) is 3.30. The van der Waals surface area contributed by atoms with Crippen LogP contribution in [0.15, 0.2) is 41.3 Å². The number of halogens is 2. The van der Waals surface area contributed by atoms with Gasteiger partial charge in [-0.05, 0) is 40.3 Å². The maximum atomic E-state index is 11.6. The molecule has 0 fully saturated rings. The fraction of sp³-hybridized carbons (Fsp3) is 0.0909. The topological polar surface area (TPSA) is 34.9 Å². The van der Waals surface area contributed by atoms with Crippen LogP contribution >= 0.6 is 34.2 Å². The van der Waals surface area contributed by atoms with E-state index in [4.69, 9.17) is 11.6 Å². The van der Waals surface area contributed by atoms with Crippen molar-refractivity contribution in [3.05, 3.63) is 61.0 Å². The first-order valence-electron chi connectivity index (χ1n) is 4.62. The molecular formula is C11H8ClIN2O. The van der Waals surface area contributed by atoms with Crippen LogP contribution in [0.25, 0.3) is 0 Å². The molecule has 0 amide bonds. The molecule has 2 rings (SSSR count). The zero-order valence-electron chi connectivity index (χ0n) is 8.23. The lowest BCUT2D eigenvalue weighted by atomic mass is 10.2. The summed E-state index contributed by atoms with van der Waals surface area (Å²) in [6.45, 7) is 0.441. The highest BCUT2D eigenvalue weighted by atomic mass is 127. The molecule has 1 aromatic carbocycles. The largest absolute Gasteiger partial charge is 0.268 e. The van der Waals surface area contributed by atoms with E-state index in [-0.39, 0.29) is 5.56 Å². The molecule has 0 spiro atoms. The molecule has 0 N–H and O–H groups in total. The summed E-state index contributed by atoms with van der Waals surface area (Å²) in [5.74, 6) is 0. The lowest BCUT2D eigenvalue weighted by molar-refractivity contribution is 0.636. The van der Waals surface area contributed by atoms with Crippen molar-refractivity contribution in [3.63, 3.8) is 0 Å². The van der Waals surface area contributed by atoms with E-state index in [9.17, 15) is 4.79 Å². The summed E-state index contributed by atoms with van der Waals surface area (Å²) < 4.78 is 2.25. The van der Waals surface area contributed by atoms with Gasteiger partial charge in [-0.25, -0.2) is 4.68 Å². The van der Waals surface area contributed by atoms with E-state index >= 15 is 0 Å². The zero-order valence-corrected chi connectivity index (χ0v) is 11.1. The molecule has 82 valence electrons. The Labute approximate surface area is 111 Å². The van der Waals surface area contributed by atoms with Crippen LogP contribution < -0.4 is 5.56 Å². The van der Waals surface area contributed by atoms with Crippen molar-refractivity contribution in [2.24, 2.45) is 0 Å². The number of aromatic nitrogens is 2. The van der Waals surface area contributed by atoms with E-state index in [0.29, 0.717) is 11.6 Å². The minimum atomic E-state index is -0.105. The second kappa shape index (κ2) is 4.97. The Morgan fingerprint density at radius 3 is 2.88 bits per heavy atom. The van der Waals surface area contributed by atoms with Crippen LogP contribution in [0.5, 0.6) is 0 Å². The molecule has 3 nitrogen and oxygen atoms in total. The molecule has 0 radical (unpaired) electrons. The SMILES string of the molecule is O=c1cc(I)cnn1Cc1cccc(Cl)c1. The normalized spacial score (nSPS) is 10.4. The third kappa shape index (κ3) is 2.82. The average Bonchev–Trinajstić information content (AvgIpc) is 2.22. The van der Waals surface area contributed by atoms with Gasteiger partial charge in [0.15, 0.2) is 0 Å². The van der Waals surface area contributed by atoms with E-state index in [2.05, 4.69) is 27.7 Å². The van der Waals surface area contributed by atoms with E-state index in [0.717, 1.165) is 9.13 Å². The highest BCUT2D eigenvalue weighted by Gasteiger charge is 2.00. The maximum Gasteiger partial charge on any atom is 0.268 e. The smallest absolute Gasteiger partial charge is 0.268 e. The van der Waals surface area contributed by atoms with Crippen LogP contribution in [0.3, 0.4) is 0 Å². The van der Waals surface area contributed by atoms with Crippen molar-refractivity contribution in [2.45, 2.75) is 6.54 Å². The van der Waals surface area contributed by atoms with Gasteiger partial charge in [-0.2, -0.15) is 5.10 Å². The van der Waals surface area contributed by atoms with E-state index in [1.165, 1.54) is 4.68 Å². The monoisotopic (exact) mass is 346 g/mol. The van der Waals surface area contributed by atoms with Crippen molar-refractivity contribution in [2.75, 3.05) is 0 Å². The first-order chi connectivity index (χ1) is 7.65. The minimum Gasteiger partial charge on any atom is -0.268 e. The van der Waals surface area contributed by atoms with Crippen molar-refractivity contribution >= 4 is 34.2 Å². The van der Waals surface area contributed by atoms with Crippen LogP contribution in [0, 0.1) is 3.57 Å². The zero-order chi connectivity index (χ0) is 11.5. The van der Waals surface area contributed by atoms with Crippen molar-refractivity contribution in [1.82, 2.24) is 9.78 Å². The van der Waals surface area contributed by atoms with Gasteiger partial charge in [0, 0.05) is 14.7 Å². The Kier molecular flexibility index (Phi) is 3.60. The fourth-order valence-electron chi connectivity index (χ4n) is 1.34. The molecule has 0 aliphatic heterocycles. The Morgan fingerprint density at radius 1 is 1.38 bits per heavy atom. The van der Waals surface area contributed by atoms with Gasteiger partial charge in [0.05, 0.1) is 12.7 Å². The van der Waals surface area contributed by atoms with Gasteiger partial charge in [-0.1, -0.05) is 23.7 Å². The summed E-state index contributed by atoms with van der Waals surface area (Å²) in [5.41, 5.74) is 0.857. The highest BCUT2D eigenvalue weighted by Crippen LogP contribution is 2.10. The molecule has 5 heteroatoms. The van der Waals surface area contributed by atoms with E-state index in [1.54, 1.807) is 18.3 Å². The number of hydrogen-bond acceptors (Lipinski definition) is 2. The molecule has 2 aromatic rings. The molecule has 16 heavy (non-hydrogen) atoms. The lowest BCUT2D eigenvalue weighted by Gasteiger charge is -2.04. The maximum absolute atomic E-state index is 11.6. The van der Waals surface area contributed by atoms with Crippen LogP contribution in [-0.2, 0) is 6.54 Å². The molecule has 0 saturated carbocycles. The third-order valence-electron chi connectivity index (χ3n) is 2.06. The van der Waals surface area contributed by atoms with Gasteiger partial charge in [0.2, 0.25) is 0 Å². The summed E-state index contributed by atoms with van der Waals surface area (Å²) in [6.07, 6.45) is 1.66. The van der Waals surface area contributed by atoms with Gasteiger partial charge >= 0.3 is 0 Å². The molecule has 1 aromatic heterocycles. The fourth-order valence-corrected chi connectivity index (χ4v) is 1.94. The Bertz CT molecular complexity index is 568. The Balaban J connectivity index is 2.31. The summed E-state index contributed by atoms with van der Waals surface area (Å²) in [4.78, 5) is 11.6. The molecule has 0 aliphatic rings. The van der Waals surface area contributed by atoms with Crippen LogP contribution in [0.1, 0.15) is 5.56 Å². The molecule has 0 aliphatic carbocycles. The number of rotatable bonds is 2. The first kappa shape index (κ1) is 11.6. The lowest BCUT2D eigenvalue weighted by Crippen LogP contribution is -2.22. The van der Waals surface area contributed by atoms with Crippen LogP contribution in [-0.4, -0.2) is 9.78 Å². The van der Waals surface area contributed by atoms with Crippen molar-refractivity contribution in [1.29, 1.82) is 0 Å². The summed E-state index contributed by atoms with van der Waals surface area (Å²) in [6, 6.07) is 8.95. The van der Waals surface area contributed by atoms with Gasteiger partial charge in [0.1, 0.15) is 0 Å². The van der Waals surface area contributed by atoms with Crippen molar-refractivity contribution in [3.8, 4) is 0 Å².